The molecule has 2 N–H and O–H groups in total. The summed E-state index contributed by atoms with van der Waals surface area (Å²) in [4.78, 5) is 13.2. The fraction of sp³-hybridized carbons (Fsp3) is 0.296. The summed E-state index contributed by atoms with van der Waals surface area (Å²) in [7, 11) is -3.73. The van der Waals surface area contributed by atoms with Crippen molar-refractivity contribution in [1.82, 2.24) is 5.32 Å². The molecule has 3 aromatic carbocycles. The lowest BCUT2D eigenvalue weighted by molar-refractivity contribution is 0.0935. The van der Waals surface area contributed by atoms with Gasteiger partial charge in [-0.3, -0.25) is 9.52 Å². The number of fused-ring (bicyclic) bond motifs is 1. The maximum absolute atomic E-state index is 13.0. The number of carbonyl (C=O) groups excluding carboxylic acids is 1. The molecule has 0 saturated carbocycles. The Hall–Kier alpha value is -3.12. The van der Waals surface area contributed by atoms with Gasteiger partial charge in [0, 0.05) is 11.3 Å². The first-order valence-corrected chi connectivity index (χ1v) is 13.0. The van der Waals surface area contributed by atoms with E-state index < -0.39 is 10.0 Å². The van der Waals surface area contributed by atoms with Crippen LogP contribution in [-0.4, -0.2) is 14.3 Å². The number of hydrogen-bond donors (Lipinski definition) is 2. The summed E-state index contributed by atoms with van der Waals surface area (Å²) < 4.78 is 28.0. The van der Waals surface area contributed by atoms with Crippen molar-refractivity contribution in [1.29, 1.82) is 0 Å². The van der Waals surface area contributed by atoms with Crippen molar-refractivity contribution in [2.24, 2.45) is 0 Å². The molecule has 0 radical (unpaired) electrons. The Balaban J connectivity index is 1.49. The van der Waals surface area contributed by atoms with Gasteiger partial charge in [0.2, 0.25) is 0 Å². The van der Waals surface area contributed by atoms with Crippen LogP contribution < -0.4 is 10.0 Å². The van der Waals surface area contributed by atoms with Crippen LogP contribution >= 0.6 is 0 Å². The molecule has 1 aliphatic carbocycles. The predicted molar refractivity (Wildman–Crippen MR) is 132 cm³/mol. The van der Waals surface area contributed by atoms with Gasteiger partial charge in [0.05, 0.1) is 10.9 Å². The second-order valence-electron chi connectivity index (χ2n) is 8.67. The number of anilines is 1. The van der Waals surface area contributed by atoms with Crippen molar-refractivity contribution in [3.05, 3.63) is 94.5 Å². The fourth-order valence-corrected chi connectivity index (χ4v) is 5.34. The topological polar surface area (TPSA) is 75.3 Å². The molecule has 0 unspecified atom stereocenters. The molecule has 33 heavy (non-hydrogen) atoms. The monoisotopic (exact) mass is 462 g/mol. The Morgan fingerprint density at radius 3 is 2.39 bits per heavy atom. The molecule has 6 heteroatoms. The normalized spacial score (nSPS) is 14.2. The van der Waals surface area contributed by atoms with E-state index in [1.165, 1.54) is 24.0 Å². The smallest absolute Gasteiger partial charge is 0.261 e. The van der Waals surface area contributed by atoms with Crippen LogP contribution in [0.1, 0.15) is 64.8 Å². The minimum absolute atomic E-state index is 0.0994. The van der Waals surface area contributed by atoms with E-state index in [0.717, 1.165) is 30.4 Å². The maximum Gasteiger partial charge on any atom is 0.261 e. The number of sulfonamides is 1. The molecule has 0 bridgehead atoms. The quantitative estimate of drug-likeness (QED) is 0.483. The lowest BCUT2D eigenvalue weighted by atomic mass is 9.88. The first-order chi connectivity index (χ1) is 15.9. The number of aryl methyl sites for hydroxylation is 3. The van der Waals surface area contributed by atoms with Gasteiger partial charge >= 0.3 is 0 Å². The van der Waals surface area contributed by atoms with Crippen LogP contribution in [0, 0.1) is 6.92 Å². The van der Waals surface area contributed by atoms with E-state index in [0.29, 0.717) is 11.3 Å². The summed E-state index contributed by atoms with van der Waals surface area (Å²) >= 11 is 0. The van der Waals surface area contributed by atoms with Gasteiger partial charge < -0.3 is 5.32 Å². The Bertz CT molecular complexity index is 1250. The lowest BCUT2D eigenvalue weighted by Crippen LogP contribution is -2.28. The van der Waals surface area contributed by atoms with Gasteiger partial charge in [-0.05, 0) is 86.1 Å². The Labute approximate surface area is 196 Å². The van der Waals surface area contributed by atoms with Crippen LogP contribution in [0.5, 0.6) is 0 Å². The first-order valence-electron chi connectivity index (χ1n) is 11.5. The number of benzene rings is 3. The molecular formula is C27H30N2O3S. The number of hydrogen-bond acceptors (Lipinski definition) is 3. The van der Waals surface area contributed by atoms with E-state index in [1.54, 1.807) is 48.5 Å². The van der Waals surface area contributed by atoms with Crippen molar-refractivity contribution >= 4 is 21.6 Å². The average Bonchev–Trinajstić information content (AvgIpc) is 2.82. The molecule has 3 aromatic rings. The van der Waals surface area contributed by atoms with Crippen LogP contribution in [0.2, 0.25) is 0 Å². The Morgan fingerprint density at radius 2 is 1.67 bits per heavy atom. The van der Waals surface area contributed by atoms with Crippen molar-refractivity contribution in [2.45, 2.75) is 56.9 Å². The predicted octanol–water partition coefficient (Wildman–Crippen LogP) is 5.56. The molecule has 5 nitrogen and oxygen atoms in total. The van der Waals surface area contributed by atoms with Crippen LogP contribution in [0.3, 0.4) is 0 Å². The van der Waals surface area contributed by atoms with E-state index >= 15 is 0 Å². The fourth-order valence-electron chi connectivity index (χ4n) is 4.29. The summed E-state index contributed by atoms with van der Waals surface area (Å²) in [6.45, 7) is 3.95. The van der Waals surface area contributed by atoms with Crippen LogP contribution in [-0.2, 0) is 22.9 Å². The minimum atomic E-state index is -3.73. The molecule has 172 valence electrons. The molecule has 1 amide bonds. The maximum atomic E-state index is 13.0. The van der Waals surface area contributed by atoms with E-state index in [2.05, 4.69) is 35.2 Å². The summed E-state index contributed by atoms with van der Waals surface area (Å²) in [5.74, 6) is -0.226. The van der Waals surface area contributed by atoms with Gasteiger partial charge in [0.1, 0.15) is 0 Å². The van der Waals surface area contributed by atoms with Gasteiger partial charge in [-0.15, -0.1) is 0 Å². The van der Waals surface area contributed by atoms with Crippen molar-refractivity contribution in [3.8, 4) is 0 Å². The zero-order valence-corrected chi connectivity index (χ0v) is 19.9. The molecule has 4 rings (SSSR count). The third kappa shape index (κ3) is 5.45. The Kier molecular flexibility index (Phi) is 6.84. The van der Waals surface area contributed by atoms with Crippen molar-refractivity contribution in [3.63, 3.8) is 0 Å². The summed E-state index contributed by atoms with van der Waals surface area (Å²) in [6, 6.07) is 19.7. The van der Waals surface area contributed by atoms with Gasteiger partial charge in [-0.1, -0.05) is 48.9 Å². The van der Waals surface area contributed by atoms with E-state index in [-0.39, 0.29) is 16.8 Å². The molecule has 1 aliphatic rings. The molecule has 0 saturated heterocycles. The van der Waals surface area contributed by atoms with Crippen molar-refractivity contribution < 1.29 is 13.2 Å². The second-order valence-corrected chi connectivity index (χ2v) is 10.4. The zero-order chi connectivity index (χ0) is 23.4. The van der Waals surface area contributed by atoms with Crippen LogP contribution in [0.4, 0.5) is 5.69 Å². The number of rotatable bonds is 7. The van der Waals surface area contributed by atoms with Gasteiger partial charge in [-0.2, -0.15) is 0 Å². The van der Waals surface area contributed by atoms with Crippen LogP contribution in [0.15, 0.2) is 71.6 Å². The van der Waals surface area contributed by atoms with Crippen LogP contribution in [0.25, 0.3) is 0 Å². The minimum Gasteiger partial charge on any atom is -0.345 e. The molecule has 0 heterocycles. The Morgan fingerprint density at radius 1 is 0.939 bits per heavy atom. The van der Waals surface area contributed by atoms with Gasteiger partial charge in [-0.25, -0.2) is 8.42 Å². The molecule has 0 fully saturated rings. The molecular weight excluding hydrogens is 432 g/mol. The molecule has 1 atom stereocenters. The highest BCUT2D eigenvalue weighted by molar-refractivity contribution is 7.92. The highest BCUT2D eigenvalue weighted by Gasteiger charge is 2.18. The molecule has 0 spiro atoms. The van der Waals surface area contributed by atoms with Gasteiger partial charge in [0.25, 0.3) is 15.9 Å². The largest absolute Gasteiger partial charge is 0.345 e. The van der Waals surface area contributed by atoms with E-state index in [1.807, 2.05) is 6.92 Å². The highest BCUT2D eigenvalue weighted by Crippen LogP contribution is 2.26. The average molecular weight is 463 g/mol. The highest BCUT2D eigenvalue weighted by atomic mass is 32.2. The molecule has 0 aliphatic heterocycles. The second kappa shape index (κ2) is 9.79. The standard InChI is InChI=1S/C27H30N2O3S/c1-3-26(22-14-13-20-7-4-5-8-21(20)17-22)28-27(30)23-9-6-10-24(18-23)29-33(31,32)25-15-11-19(2)12-16-25/h6,9-18,26,29H,3-5,7-8H2,1-2H3,(H,28,30)/t26-/m1/s1. The summed E-state index contributed by atoms with van der Waals surface area (Å²) in [5.41, 5.74) is 5.67. The third-order valence-corrected chi connectivity index (χ3v) is 7.59. The van der Waals surface area contributed by atoms with Crippen molar-refractivity contribution in [2.75, 3.05) is 4.72 Å². The van der Waals surface area contributed by atoms with E-state index in [4.69, 9.17) is 0 Å². The zero-order valence-electron chi connectivity index (χ0n) is 19.1. The summed E-state index contributed by atoms with van der Waals surface area (Å²) in [5, 5.41) is 3.12. The van der Waals surface area contributed by atoms with Gasteiger partial charge in [0.15, 0.2) is 0 Å². The number of amides is 1. The first kappa shape index (κ1) is 23.1. The third-order valence-electron chi connectivity index (χ3n) is 6.20. The molecule has 0 aromatic heterocycles. The number of carbonyl (C=O) groups is 1. The van der Waals surface area contributed by atoms with E-state index in [9.17, 15) is 13.2 Å². The lowest BCUT2D eigenvalue weighted by Gasteiger charge is -2.22. The summed E-state index contributed by atoms with van der Waals surface area (Å²) in [6.07, 6.45) is 5.44. The number of nitrogens with one attached hydrogen (secondary N) is 2. The SMILES string of the molecule is CC[C@@H](NC(=O)c1cccc(NS(=O)(=O)c2ccc(C)cc2)c1)c1ccc2c(c1)CCCC2.